The first kappa shape index (κ1) is 18.5. The molecule has 26 heavy (non-hydrogen) atoms. The molecule has 0 fully saturated rings. The van der Waals surface area contributed by atoms with Crippen LogP contribution in [-0.2, 0) is 0 Å². The van der Waals surface area contributed by atoms with Crippen LogP contribution in [0.3, 0.4) is 0 Å². The first-order chi connectivity index (χ1) is 12.5. The number of fused-ring (bicyclic) bond motifs is 1. The lowest BCUT2D eigenvalue weighted by Gasteiger charge is -2.22. The van der Waals surface area contributed by atoms with E-state index in [2.05, 4.69) is 27.0 Å². The second kappa shape index (κ2) is 7.96. The van der Waals surface area contributed by atoms with Gasteiger partial charge in [0.15, 0.2) is 5.13 Å². The molecule has 0 spiro atoms. The van der Waals surface area contributed by atoms with Crippen LogP contribution in [0.5, 0.6) is 0 Å². The summed E-state index contributed by atoms with van der Waals surface area (Å²) in [6.45, 7) is 1.26. The van der Waals surface area contributed by atoms with E-state index in [4.69, 9.17) is 5.26 Å². The molecule has 132 valence electrons. The van der Waals surface area contributed by atoms with Crippen molar-refractivity contribution in [2.24, 2.45) is 0 Å². The van der Waals surface area contributed by atoms with Crippen molar-refractivity contribution in [3.05, 3.63) is 58.1 Å². The summed E-state index contributed by atoms with van der Waals surface area (Å²) in [4.78, 5) is 21.5. The van der Waals surface area contributed by atoms with E-state index in [1.807, 2.05) is 37.2 Å². The molecular weight excluding hydrogens is 412 g/mol. The van der Waals surface area contributed by atoms with E-state index in [1.54, 1.807) is 29.2 Å². The van der Waals surface area contributed by atoms with Crippen molar-refractivity contribution < 1.29 is 4.79 Å². The number of hydrogen-bond donors (Lipinski definition) is 0. The molecule has 0 unspecified atom stereocenters. The van der Waals surface area contributed by atoms with Crippen molar-refractivity contribution in [3.63, 3.8) is 0 Å². The highest BCUT2D eigenvalue weighted by Gasteiger charge is 2.21. The normalized spacial score (nSPS) is 10.9. The molecule has 0 saturated heterocycles. The zero-order valence-corrected chi connectivity index (χ0v) is 16.8. The summed E-state index contributed by atoms with van der Waals surface area (Å²) in [5, 5.41) is 9.61. The van der Waals surface area contributed by atoms with E-state index in [-0.39, 0.29) is 5.91 Å². The van der Waals surface area contributed by atoms with Gasteiger partial charge in [-0.05, 0) is 56.6 Å². The average molecular weight is 429 g/mol. The Hall–Kier alpha value is -2.27. The lowest BCUT2D eigenvalue weighted by Crippen LogP contribution is -2.36. The Morgan fingerprint density at radius 3 is 2.58 bits per heavy atom. The van der Waals surface area contributed by atoms with Crippen LogP contribution in [0.2, 0.25) is 0 Å². The summed E-state index contributed by atoms with van der Waals surface area (Å²) in [6, 6.07) is 14.7. The number of nitriles is 1. The van der Waals surface area contributed by atoms with Gasteiger partial charge in [0, 0.05) is 23.1 Å². The van der Waals surface area contributed by atoms with Gasteiger partial charge in [-0.2, -0.15) is 5.26 Å². The summed E-state index contributed by atoms with van der Waals surface area (Å²) in [5.74, 6) is -0.116. The maximum absolute atomic E-state index is 13.1. The number of likely N-dealkylation sites (N-methyl/N-ethyl adjacent to an activating group) is 1. The monoisotopic (exact) mass is 428 g/mol. The Bertz CT molecular complexity index is 975. The van der Waals surface area contributed by atoms with Gasteiger partial charge in [0.05, 0.1) is 21.8 Å². The number of aromatic nitrogens is 1. The Kier molecular flexibility index (Phi) is 5.67. The van der Waals surface area contributed by atoms with Crippen molar-refractivity contribution >= 4 is 48.5 Å². The molecule has 0 atom stereocenters. The molecule has 0 saturated carbocycles. The van der Waals surface area contributed by atoms with Gasteiger partial charge in [0.1, 0.15) is 0 Å². The molecule has 7 heteroatoms. The minimum atomic E-state index is -0.116. The first-order valence-corrected chi connectivity index (χ1v) is 9.62. The Labute approximate surface area is 164 Å². The Balaban J connectivity index is 1.97. The zero-order chi connectivity index (χ0) is 18.7. The molecule has 5 nitrogen and oxygen atoms in total. The summed E-state index contributed by atoms with van der Waals surface area (Å²) in [7, 11) is 3.94. The highest BCUT2D eigenvalue weighted by Crippen LogP contribution is 2.31. The number of thiazole rings is 1. The molecule has 0 N–H and O–H groups in total. The highest BCUT2D eigenvalue weighted by molar-refractivity contribution is 9.10. The molecule has 0 aliphatic carbocycles. The third kappa shape index (κ3) is 4.10. The highest BCUT2D eigenvalue weighted by atomic mass is 79.9. The van der Waals surface area contributed by atoms with Crippen LogP contribution in [0, 0.1) is 11.3 Å². The van der Waals surface area contributed by atoms with E-state index in [0.29, 0.717) is 22.8 Å². The van der Waals surface area contributed by atoms with Crippen LogP contribution in [0.15, 0.2) is 46.9 Å². The fourth-order valence-corrected chi connectivity index (χ4v) is 3.97. The topological polar surface area (TPSA) is 60.2 Å². The minimum absolute atomic E-state index is 0.116. The van der Waals surface area contributed by atoms with Crippen molar-refractivity contribution in [3.8, 4) is 6.07 Å². The molecular formula is C19H17BrN4OS. The van der Waals surface area contributed by atoms with Gasteiger partial charge in [-0.1, -0.05) is 27.3 Å². The summed E-state index contributed by atoms with van der Waals surface area (Å²) in [5.41, 5.74) is 1.95. The predicted molar refractivity (Wildman–Crippen MR) is 109 cm³/mol. The second-order valence-electron chi connectivity index (χ2n) is 6.06. The van der Waals surface area contributed by atoms with Gasteiger partial charge in [0.2, 0.25) is 0 Å². The average Bonchev–Trinajstić information content (AvgIpc) is 3.04. The molecule has 1 amide bonds. The van der Waals surface area contributed by atoms with Crippen LogP contribution in [0.25, 0.3) is 10.2 Å². The van der Waals surface area contributed by atoms with Crippen molar-refractivity contribution in [1.29, 1.82) is 5.26 Å². The summed E-state index contributed by atoms with van der Waals surface area (Å²) < 4.78 is 2.01. The summed E-state index contributed by atoms with van der Waals surface area (Å²) in [6.07, 6.45) is 0. The third-order valence-corrected chi connectivity index (χ3v) is 5.38. The van der Waals surface area contributed by atoms with Gasteiger partial charge >= 0.3 is 0 Å². The maximum Gasteiger partial charge on any atom is 0.260 e. The van der Waals surface area contributed by atoms with E-state index in [0.717, 1.165) is 21.2 Å². The van der Waals surface area contributed by atoms with Gasteiger partial charge in [-0.3, -0.25) is 9.69 Å². The van der Waals surface area contributed by atoms with Gasteiger partial charge in [-0.15, -0.1) is 0 Å². The molecule has 1 aromatic heterocycles. The fraction of sp³-hybridized carbons (Fsp3) is 0.211. The summed E-state index contributed by atoms with van der Waals surface area (Å²) >= 11 is 4.97. The molecule has 0 bridgehead atoms. The van der Waals surface area contributed by atoms with Crippen molar-refractivity contribution in [2.75, 3.05) is 32.1 Å². The maximum atomic E-state index is 13.1. The lowest BCUT2D eigenvalue weighted by molar-refractivity contribution is 0.0985. The van der Waals surface area contributed by atoms with Crippen molar-refractivity contribution in [2.45, 2.75) is 0 Å². The van der Waals surface area contributed by atoms with Gasteiger partial charge in [0.25, 0.3) is 5.91 Å². The number of amides is 1. The van der Waals surface area contributed by atoms with E-state index < -0.39 is 0 Å². The standard InChI is InChI=1S/C19H17BrN4OS/c1-23(2)9-10-24(18(25)14-5-3-13(12-21)4-6-14)19-22-16-8-7-15(20)11-17(16)26-19/h3-8,11H,9-10H2,1-2H3. The van der Waals surface area contributed by atoms with Crippen LogP contribution in [0.4, 0.5) is 5.13 Å². The van der Waals surface area contributed by atoms with Crippen molar-refractivity contribution in [1.82, 2.24) is 9.88 Å². The van der Waals surface area contributed by atoms with Crippen LogP contribution in [0.1, 0.15) is 15.9 Å². The largest absolute Gasteiger partial charge is 0.308 e. The smallest absolute Gasteiger partial charge is 0.260 e. The molecule has 0 aliphatic heterocycles. The van der Waals surface area contributed by atoms with Crippen LogP contribution in [-0.4, -0.2) is 43.0 Å². The van der Waals surface area contributed by atoms with Crippen LogP contribution < -0.4 is 4.90 Å². The van der Waals surface area contributed by atoms with E-state index >= 15 is 0 Å². The number of halogens is 1. The zero-order valence-electron chi connectivity index (χ0n) is 14.4. The molecule has 2 aromatic carbocycles. The molecule has 3 rings (SSSR count). The molecule has 1 heterocycles. The number of nitrogens with zero attached hydrogens (tertiary/aromatic N) is 4. The lowest BCUT2D eigenvalue weighted by atomic mass is 10.1. The number of anilines is 1. The minimum Gasteiger partial charge on any atom is -0.308 e. The number of benzene rings is 2. The van der Waals surface area contributed by atoms with E-state index in [9.17, 15) is 4.79 Å². The number of carbonyl (C=O) groups is 1. The third-order valence-electron chi connectivity index (χ3n) is 3.85. The first-order valence-electron chi connectivity index (χ1n) is 8.01. The SMILES string of the molecule is CN(C)CCN(C(=O)c1ccc(C#N)cc1)c1nc2ccc(Br)cc2s1. The second-order valence-corrected chi connectivity index (χ2v) is 7.98. The van der Waals surface area contributed by atoms with Gasteiger partial charge in [-0.25, -0.2) is 4.98 Å². The number of carbonyl (C=O) groups excluding carboxylic acids is 1. The predicted octanol–water partition coefficient (Wildman–Crippen LogP) is 4.14. The van der Waals surface area contributed by atoms with Gasteiger partial charge < -0.3 is 4.90 Å². The van der Waals surface area contributed by atoms with E-state index in [1.165, 1.54) is 11.3 Å². The molecule has 0 aliphatic rings. The fourth-order valence-electron chi connectivity index (χ4n) is 2.43. The number of rotatable bonds is 5. The Morgan fingerprint density at radius 1 is 1.19 bits per heavy atom. The molecule has 0 radical (unpaired) electrons. The number of hydrogen-bond acceptors (Lipinski definition) is 5. The quantitative estimate of drug-likeness (QED) is 0.612. The Morgan fingerprint density at radius 2 is 1.92 bits per heavy atom. The van der Waals surface area contributed by atoms with Crippen LogP contribution >= 0.6 is 27.3 Å². The molecule has 3 aromatic rings.